The van der Waals surface area contributed by atoms with Crippen LogP contribution in [-0.4, -0.2) is 111 Å². The van der Waals surface area contributed by atoms with Crippen LogP contribution < -0.4 is 0 Å². The number of carbonyl (C=O) groups excluding carboxylic acids is 4. The molecule has 2 heterocycles. The Labute approximate surface area is 258 Å². The van der Waals surface area contributed by atoms with Crippen LogP contribution in [0.1, 0.15) is 55.4 Å². The first-order chi connectivity index (χ1) is 20.3. The van der Waals surface area contributed by atoms with Crippen LogP contribution >= 0.6 is 0 Å². The van der Waals surface area contributed by atoms with Crippen molar-refractivity contribution < 1.29 is 66.5 Å². The molecular weight excluding hydrogens is 584 g/mol. The first-order valence-electron chi connectivity index (χ1n) is 14.2. The highest BCUT2D eigenvalue weighted by molar-refractivity contribution is 5.79. The molecule has 0 aromatic heterocycles. The van der Waals surface area contributed by atoms with Crippen molar-refractivity contribution in [1.29, 1.82) is 0 Å². The van der Waals surface area contributed by atoms with E-state index in [0.717, 1.165) is 0 Å². The summed E-state index contributed by atoms with van der Waals surface area (Å²) < 4.78 is 54.5. The minimum Gasteiger partial charge on any atom is -0.459 e. The molecule has 2 saturated heterocycles. The lowest BCUT2D eigenvalue weighted by atomic mass is 10.1. The molecule has 0 saturated carbocycles. The smallest absolute Gasteiger partial charge is 0.459 e. The van der Waals surface area contributed by atoms with Crippen molar-refractivity contribution in [1.82, 2.24) is 0 Å². The van der Waals surface area contributed by atoms with Gasteiger partial charge in [0.1, 0.15) is 36.6 Å². The first kappa shape index (κ1) is 37.0. The van der Waals surface area contributed by atoms with Crippen LogP contribution in [0.15, 0.2) is 25.3 Å². The Morgan fingerprint density at radius 3 is 1.32 bits per heavy atom. The van der Waals surface area contributed by atoms with E-state index in [9.17, 15) is 19.2 Å². The Hall–Kier alpha value is -3.20. The summed E-state index contributed by atoms with van der Waals surface area (Å²) >= 11 is 0. The average molecular weight is 631 g/mol. The summed E-state index contributed by atoms with van der Waals surface area (Å²) in [7, 11) is 0. The molecule has 0 amide bonds. The van der Waals surface area contributed by atoms with Crippen molar-refractivity contribution in [2.45, 2.75) is 102 Å². The van der Waals surface area contributed by atoms with E-state index in [-0.39, 0.29) is 39.6 Å². The zero-order chi connectivity index (χ0) is 33.3. The predicted octanol–water partition coefficient (Wildman–Crippen LogP) is 3.43. The van der Waals surface area contributed by atoms with Gasteiger partial charge in [-0.05, 0) is 55.4 Å². The van der Waals surface area contributed by atoms with E-state index in [1.54, 1.807) is 27.7 Å². The third-order valence-electron chi connectivity index (χ3n) is 6.39. The van der Waals surface area contributed by atoms with Gasteiger partial charge in [0.25, 0.3) is 0 Å². The number of carbonyl (C=O) groups is 4. The highest BCUT2D eigenvalue weighted by Gasteiger charge is 2.52. The Morgan fingerprint density at radius 2 is 1.00 bits per heavy atom. The number of ether oxygens (including phenoxy) is 10. The van der Waals surface area contributed by atoms with Gasteiger partial charge in [0.15, 0.2) is 23.4 Å². The fourth-order valence-electron chi connectivity index (χ4n) is 3.88. The Balaban J connectivity index is 1.82. The van der Waals surface area contributed by atoms with Crippen LogP contribution in [0.2, 0.25) is 0 Å². The topological polar surface area (TPSA) is 161 Å². The maximum atomic E-state index is 12.6. The Kier molecular flexibility index (Phi) is 12.8. The average Bonchev–Trinajstić information content (AvgIpc) is 3.50. The number of fused-ring (bicyclic) bond motifs is 1. The third-order valence-corrected chi connectivity index (χ3v) is 6.39. The van der Waals surface area contributed by atoms with Crippen molar-refractivity contribution in [3.8, 4) is 0 Å². The molecule has 0 spiro atoms. The number of esters is 2. The molecule has 4 atom stereocenters. The zero-order valence-electron chi connectivity index (χ0n) is 26.8. The van der Waals surface area contributed by atoms with Gasteiger partial charge in [-0.25, -0.2) is 19.2 Å². The van der Waals surface area contributed by atoms with Gasteiger partial charge in [-0.2, -0.15) is 0 Å². The van der Waals surface area contributed by atoms with E-state index in [1.165, 1.54) is 39.8 Å². The fourth-order valence-corrected chi connectivity index (χ4v) is 3.88. The van der Waals surface area contributed by atoms with Gasteiger partial charge < -0.3 is 47.4 Å². The lowest BCUT2D eigenvalue weighted by Crippen LogP contribution is -2.44. The Bertz CT molecular complexity index is 964. The first-order valence-corrected chi connectivity index (χ1v) is 14.2. The Morgan fingerprint density at radius 1 is 0.659 bits per heavy atom. The summed E-state index contributed by atoms with van der Waals surface area (Å²) in [5.41, 5.74) is -4.89. The van der Waals surface area contributed by atoms with Gasteiger partial charge >= 0.3 is 24.2 Å². The lowest BCUT2D eigenvalue weighted by molar-refractivity contribution is -0.175. The second kappa shape index (κ2) is 15.2. The summed E-state index contributed by atoms with van der Waals surface area (Å²) in [6.45, 7) is 19.3. The van der Waals surface area contributed by atoms with Crippen molar-refractivity contribution in [2.24, 2.45) is 0 Å². The normalized spacial score (nSPS) is 21.9. The highest BCUT2D eigenvalue weighted by atomic mass is 16.8. The van der Waals surface area contributed by atoms with Gasteiger partial charge in [0.05, 0.1) is 26.4 Å². The molecule has 2 fully saturated rings. The number of hydrogen-bond acceptors (Lipinski definition) is 14. The van der Waals surface area contributed by atoms with E-state index >= 15 is 0 Å². The maximum absolute atomic E-state index is 12.6. The number of hydrogen-bond donors (Lipinski definition) is 0. The van der Waals surface area contributed by atoms with E-state index in [2.05, 4.69) is 13.2 Å². The molecule has 2 rings (SSSR count). The molecule has 4 unspecified atom stereocenters. The summed E-state index contributed by atoms with van der Waals surface area (Å²) in [5.74, 6) is -1.18. The summed E-state index contributed by atoms with van der Waals surface area (Å²) in [5, 5.41) is 0. The molecule has 250 valence electrons. The largest absolute Gasteiger partial charge is 0.509 e. The van der Waals surface area contributed by atoms with Crippen LogP contribution in [-0.2, 0) is 57.0 Å². The van der Waals surface area contributed by atoms with Gasteiger partial charge in [0.2, 0.25) is 0 Å². The molecule has 2 aliphatic rings. The van der Waals surface area contributed by atoms with Crippen LogP contribution in [0.25, 0.3) is 0 Å². The van der Waals surface area contributed by atoms with Crippen molar-refractivity contribution >= 4 is 24.2 Å². The molecule has 0 bridgehead atoms. The minimum atomic E-state index is -1.29. The van der Waals surface area contributed by atoms with Gasteiger partial charge in [-0.3, -0.25) is 0 Å². The summed E-state index contributed by atoms with van der Waals surface area (Å²) in [4.78, 5) is 49.5. The van der Waals surface area contributed by atoms with E-state index in [1.807, 2.05) is 0 Å². The van der Waals surface area contributed by atoms with E-state index in [4.69, 9.17) is 47.4 Å². The minimum absolute atomic E-state index is 0.0190. The second-order valence-electron chi connectivity index (χ2n) is 12.5. The predicted molar refractivity (Wildman–Crippen MR) is 153 cm³/mol. The quantitative estimate of drug-likeness (QED) is 0.139. The number of rotatable bonds is 16. The second-order valence-corrected chi connectivity index (χ2v) is 12.5. The highest BCUT2D eigenvalue weighted by Crippen LogP contribution is 2.32. The van der Waals surface area contributed by atoms with Crippen LogP contribution in [0, 0.1) is 0 Å². The van der Waals surface area contributed by atoms with E-state index < -0.39 is 71.1 Å². The summed E-state index contributed by atoms with van der Waals surface area (Å²) in [6, 6.07) is 0. The molecule has 44 heavy (non-hydrogen) atoms. The van der Waals surface area contributed by atoms with Gasteiger partial charge in [0, 0.05) is 0 Å². The van der Waals surface area contributed by atoms with Crippen LogP contribution in [0.3, 0.4) is 0 Å². The molecule has 14 heteroatoms. The molecule has 2 aliphatic heterocycles. The fraction of sp³-hybridized carbons (Fsp3) is 0.733. The van der Waals surface area contributed by atoms with Gasteiger partial charge in [-0.15, -0.1) is 0 Å². The van der Waals surface area contributed by atoms with Crippen molar-refractivity contribution in [3.05, 3.63) is 25.3 Å². The van der Waals surface area contributed by atoms with Gasteiger partial charge in [-0.1, -0.05) is 25.3 Å². The lowest BCUT2D eigenvalue weighted by Gasteiger charge is -2.30. The monoisotopic (exact) mass is 630 g/mol. The summed E-state index contributed by atoms with van der Waals surface area (Å²) in [6.07, 6.45) is -2.18. The van der Waals surface area contributed by atoms with Crippen molar-refractivity contribution in [3.63, 3.8) is 0 Å². The maximum Gasteiger partial charge on any atom is 0.509 e. The third kappa shape index (κ3) is 11.1. The van der Waals surface area contributed by atoms with Crippen LogP contribution in [0.5, 0.6) is 0 Å². The standard InChI is InChI=1S/C30H46O14/c1-11-13-35-23(31)29(7,8)39-17-27(3,4)43-25(33)41-19-15-37-22-20(16-38-21(19)22)42-26(34)44-28(5,6)18-40-30(9,10)24(32)36-14-12-2/h11-12,19-22H,1-2,13-18H2,3-10H3. The van der Waals surface area contributed by atoms with Crippen molar-refractivity contribution in [2.75, 3.05) is 39.6 Å². The molecule has 0 aromatic rings. The SMILES string of the molecule is C=CCOC(=O)C(C)(C)OCC(C)(C)OC(=O)OC1COC2C(OC(=O)OC(C)(C)COC(C)(C)C(=O)OCC=C)COC12. The van der Waals surface area contributed by atoms with Crippen LogP contribution in [0.4, 0.5) is 9.59 Å². The zero-order valence-corrected chi connectivity index (χ0v) is 26.8. The molecule has 0 aromatic carbocycles. The molecule has 14 nitrogen and oxygen atoms in total. The molecule has 0 N–H and O–H groups in total. The molecular formula is C30H46O14. The molecule has 0 aliphatic carbocycles. The van der Waals surface area contributed by atoms with E-state index in [0.29, 0.717) is 0 Å². The molecule has 0 radical (unpaired) electrons.